The number of carboxylic acids is 1. The van der Waals surface area contributed by atoms with Crippen molar-refractivity contribution in [1.82, 2.24) is 4.72 Å². The zero-order valence-electron chi connectivity index (χ0n) is 10.4. The molecular formula is C11H12N2O6S. The molecule has 1 atom stereocenters. The molecule has 9 heteroatoms. The van der Waals surface area contributed by atoms with Gasteiger partial charge in [0.25, 0.3) is 0 Å². The Morgan fingerprint density at radius 2 is 2.05 bits per heavy atom. The van der Waals surface area contributed by atoms with Crippen LogP contribution in [-0.4, -0.2) is 38.7 Å². The molecule has 108 valence electrons. The van der Waals surface area contributed by atoms with Crippen molar-refractivity contribution in [3.63, 3.8) is 0 Å². The van der Waals surface area contributed by atoms with Crippen molar-refractivity contribution in [2.24, 2.45) is 0 Å². The Morgan fingerprint density at radius 3 is 2.65 bits per heavy atom. The van der Waals surface area contributed by atoms with Crippen LogP contribution in [0.5, 0.6) is 0 Å². The minimum atomic E-state index is -4.35. The maximum absolute atomic E-state index is 12.1. The van der Waals surface area contributed by atoms with Gasteiger partial charge in [-0.15, -0.1) is 0 Å². The summed E-state index contributed by atoms with van der Waals surface area (Å²) in [6.45, 7) is 0. The summed E-state index contributed by atoms with van der Waals surface area (Å²) in [6.07, 6.45) is -1.15. The molecular weight excluding hydrogens is 288 g/mol. The van der Waals surface area contributed by atoms with Gasteiger partial charge in [0.15, 0.2) is 0 Å². The number of methoxy groups -OCH3 is 1. The largest absolute Gasteiger partial charge is 0.480 e. The molecule has 20 heavy (non-hydrogen) atoms. The van der Waals surface area contributed by atoms with Crippen LogP contribution in [0.3, 0.4) is 0 Å². The average molecular weight is 300 g/mol. The van der Waals surface area contributed by atoms with Gasteiger partial charge in [-0.25, -0.2) is 18.6 Å². The summed E-state index contributed by atoms with van der Waals surface area (Å²) < 4.78 is 30.8. The van der Waals surface area contributed by atoms with Crippen LogP contribution in [-0.2, 0) is 26.2 Å². The second-order valence-corrected chi connectivity index (χ2v) is 5.63. The molecule has 0 aromatic heterocycles. The maximum Gasteiger partial charge on any atom is 0.422 e. The van der Waals surface area contributed by atoms with Gasteiger partial charge in [-0.3, -0.25) is 0 Å². The van der Waals surface area contributed by atoms with Crippen molar-refractivity contribution in [1.29, 1.82) is 0 Å². The molecule has 0 saturated carbocycles. The molecule has 1 heterocycles. The van der Waals surface area contributed by atoms with Gasteiger partial charge in [-0.05, 0) is 11.6 Å². The summed E-state index contributed by atoms with van der Waals surface area (Å²) >= 11 is 0. The zero-order chi connectivity index (χ0) is 14.9. The number of nitrogens with zero attached hydrogens (tertiary/aromatic N) is 1. The normalized spacial score (nSPS) is 17.4. The Labute approximate surface area is 115 Å². The van der Waals surface area contributed by atoms with Crippen LogP contribution in [0.15, 0.2) is 24.3 Å². The third kappa shape index (κ3) is 2.39. The van der Waals surface area contributed by atoms with E-state index in [1.165, 1.54) is 6.07 Å². The first-order valence-electron chi connectivity index (χ1n) is 5.57. The monoisotopic (exact) mass is 300 g/mol. The van der Waals surface area contributed by atoms with Crippen LogP contribution in [0.2, 0.25) is 0 Å². The van der Waals surface area contributed by atoms with E-state index in [1.54, 1.807) is 22.9 Å². The van der Waals surface area contributed by atoms with Crippen LogP contribution >= 0.6 is 0 Å². The topological polar surface area (TPSA) is 113 Å². The van der Waals surface area contributed by atoms with Gasteiger partial charge in [0.1, 0.15) is 6.04 Å². The SMILES string of the molecule is COC(=O)NS(=O)(=O)N1c2ccccc2C[C@H]1C(=O)O. The van der Waals surface area contributed by atoms with Gasteiger partial charge in [0.05, 0.1) is 12.8 Å². The van der Waals surface area contributed by atoms with Gasteiger partial charge < -0.3 is 9.84 Å². The van der Waals surface area contributed by atoms with Crippen LogP contribution in [0, 0.1) is 0 Å². The fourth-order valence-electron chi connectivity index (χ4n) is 2.04. The molecule has 0 bridgehead atoms. The van der Waals surface area contributed by atoms with Crippen LogP contribution < -0.4 is 9.03 Å². The number of benzene rings is 1. The Balaban J connectivity index is 2.45. The number of hydrogen-bond donors (Lipinski definition) is 2. The van der Waals surface area contributed by atoms with E-state index in [1.807, 2.05) is 0 Å². The summed E-state index contributed by atoms with van der Waals surface area (Å²) in [5.74, 6) is -1.29. The summed E-state index contributed by atoms with van der Waals surface area (Å²) in [5.41, 5.74) is 0.812. The summed E-state index contributed by atoms with van der Waals surface area (Å²) in [6, 6.07) is 5.09. The summed E-state index contributed by atoms with van der Waals surface area (Å²) in [7, 11) is -3.34. The number of anilines is 1. The van der Waals surface area contributed by atoms with Gasteiger partial charge in [0, 0.05) is 6.42 Å². The smallest absolute Gasteiger partial charge is 0.422 e. The second kappa shape index (κ2) is 5.00. The fourth-order valence-corrected chi connectivity index (χ4v) is 3.37. The molecule has 2 rings (SSSR count). The molecule has 0 radical (unpaired) electrons. The lowest BCUT2D eigenvalue weighted by atomic mass is 10.1. The highest BCUT2D eigenvalue weighted by Crippen LogP contribution is 2.33. The Kier molecular flexibility index (Phi) is 3.53. The molecule has 1 aromatic carbocycles. The number of nitrogens with one attached hydrogen (secondary N) is 1. The first-order chi connectivity index (χ1) is 9.36. The van der Waals surface area contributed by atoms with E-state index in [0.717, 1.165) is 7.11 Å². The number of fused-ring (bicyclic) bond motifs is 1. The molecule has 1 aliphatic heterocycles. The number of aliphatic carboxylic acids is 1. The molecule has 0 spiro atoms. The standard InChI is InChI=1S/C11H12N2O6S/c1-19-11(16)12-20(17,18)13-8-5-3-2-4-7(8)6-9(13)10(14)15/h2-5,9H,6H2,1H3,(H,12,16)(H,14,15)/t9-/m0/s1. The number of hydrogen-bond acceptors (Lipinski definition) is 5. The predicted molar refractivity (Wildman–Crippen MR) is 68.5 cm³/mol. The van der Waals surface area contributed by atoms with E-state index in [9.17, 15) is 18.0 Å². The van der Waals surface area contributed by atoms with Gasteiger partial charge >= 0.3 is 22.3 Å². The lowest BCUT2D eigenvalue weighted by molar-refractivity contribution is -0.138. The lowest BCUT2D eigenvalue weighted by Gasteiger charge is -2.23. The van der Waals surface area contributed by atoms with Crippen molar-refractivity contribution in [2.45, 2.75) is 12.5 Å². The molecule has 1 amide bonds. The minimum absolute atomic E-state index is 0.0353. The highest BCUT2D eigenvalue weighted by Gasteiger charge is 2.42. The van der Waals surface area contributed by atoms with E-state index in [2.05, 4.69) is 4.74 Å². The number of carbonyl (C=O) groups excluding carboxylic acids is 1. The van der Waals surface area contributed by atoms with Gasteiger partial charge in [-0.2, -0.15) is 8.42 Å². The summed E-state index contributed by atoms with van der Waals surface area (Å²) in [4.78, 5) is 22.3. The molecule has 8 nitrogen and oxygen atoms in total. The Morgan fingerprint density at radius 1 is 1.40 bits per heavy atom. The van der Waals surface area contributed by atoms with Crippen molar-refractivity contribution in [3.8, 4) is 0 Å². The highest BCUT2D eigenvalue weighted by molar-refractivity contribution is 7.91. The number of amides is 1. The molecule has 0 aliphatic carbocycles. The van der Waals surface area contributed by atoms with E-state index in [-0.39, 0.29) is 12.1 Å². The minimum Gasteiger partial charge on any atom is -0.480 e. The molecule has 0 unspecified atom stereocenters. The summed E-state index contributed by atoms with van der Waals surface area (Å²) in [5, 5.41) is 9.16. The van der Waals surface area contributed by atoms with Crippen molar-refractivity contribution >= 4 is 28.0 Å². The van der Waals surface area contributed by atoms with E-state index in [0.29, 0.717) is 9.87 Å². The van der Waals surface area contributed by atoms with E-state index >= 15 is 0 Å². The predicted octanol–water partition coefficient (Wildman–Crippen LogP) is 0.103. The van der Waals surface area contributed by atoms with Crippen LogP contribution in [0.4, 0.5) is 10.5 Å². The van der Waals surface area contributed by atoms with Crippen molar-refractivity contribution in [2.75, 3.05) is 11.4 Å². The second-order valence-electron chi connectivity index (χ2n) is 4.08. The fraction of sp³-hybridized carbons (Fsp3) is 0.273. The molecule has 2 N–H and O–H groups in total. The molecule has 1 aromatic rings. The third-order valence-corrected chi connectivity index (χ3v) is 4.26. The number of carboxylic acid groups (broad SMARTS) is 1. The lowest BCUT2D eigenvalue weighted by Crippen LogP contribution is -2.49. The van der Waals surface area contributed by atoms with Crippen LogP contribution in [0.1, 0.15) is 5.56 Å². The van der Waals surface area contributed by atoms with Crippen molar-refractivity contribution in [3.05, 3.63) is 29.8 Å². The number of para-hydroxylation sites is 1. The quantitative estimate of drug-likeness (QED) is 0.818. The molecule has 0 saturated heterocycles. The Bertz CT molecular complexity index is 657. The molecule has 1 aliphatic rings. The highest BCUT2D eigenvalue weighted by atomic mass is 32.2. The van der Waals surface area contributed by atoms with E-state index in [4.69, 9.17) is 5.11 Å². The number of carbonyl (C=O) groups is 2. The third-order valence-electron chi connectivity index (χ3n) is 2.87. The van der Waals surface area contributed by atoms with E-state index < -0.39 is 28.3 Å². The first-order valence-corrected chi connectivity index (χ1v) is 7.01. The van der Waals surface area contributed by atoms with Gasteiger partial charge in [0.2, 0.25) is 0 Å². The number of ether oxygens (including phenoxy) is 1. The first kappa shape index (κ1) is 14.1. The van der Waals surface area contributed by atoms with Gasteiger partial charge in [-0.1, -0.05) is 18.2 Å². The van der Waals surface area contributed by atoms with Crippen molar-refractivity contribution < 1.29 is 27.9 Å². The average Bonchev–Trinajstić information content (AvgIpc) is 2.78. The molecule has 0 fully saturated rings. The number of rotatable bonds is 3. The maximum atomic E-state index is 12.1. The van der Waals surface area contributed by atoms with Crippen LogP contribution in [0.25, 0.3) is 0 Å². The zero-order valence-corrected chi connectivity index (χ0v) is 11.3. The Hall–Kier alpha value is -2.29.